The van der Waals surface area contributed by atoms with E-state index in [9.17, 15) is 9.59 Å². The fraction of sp³-hybridized carbons (Fsp3) is 0.609. The van der Waals surface area contributed by atoms with Crippen molar-refractivity contribution in [3.8, 4) is 0 Å². The molecule has 0 bridgehead atoms. The van der Waals surface area contributed by atoms with Crippen LogP contribution in [0, 0.1) is 12.8 Å². The zero-order chi connectivity index (χ0) is 21.8. The van der Waals surface area contributed by atoms with E-state index in [-0.39, 0.29) is 24.5 Å². The Labute approximate surface area is 179 Å². The van der Waals surface area contributed by atoms with Gasteiger partial charge in [-0.05, 0) is 65.9 Å². The first kappa shape index (κ1) is 25.1. The standard InChI is InChI=1S/C23H36N2O3S/c1-17(9-7-11-18(2)13-22-15-29-21(5)24-22)10-8-12-19(3)23(27)25(6)20(4)14-28-16-26/h9,13,15-16,19-20H,7-8,10-12,14H2,1-6H3/b17-9-,18-13+. The number of rotatable bonds is 13. The van der Waals surface area contributed by atoms with Crippen molar-refractivity contribution in [3.05, 3.63) is 33.3 Å². The van der Waals surface area contributed by atoms with Gasteiger partial charge in [-0.3, -0.25) is 9.59 Å². The smallest absolute Gasteiger partial charge is 0.293 e. The van der Waals surface area contributed by atoms with Crippen LogP contribution in [0.25, 0.3) is 6.08 Å². The maximum atomic E-state index is 12.5. The number of thiazole rings is 1. The van der Waals surface area contributed by atoms with Crippen molar-refractivity contribution in [1.29, 1.82) is 0 Å². The number of aryl methyl sites for hydroxylation is 1. The van der Waals surface area contributed by atoms with Crippen LogP contribution in [0.2, 0.25) is 0 Å². The minimum atomic E-state index is -0.110. The van der Waals surface area contributed by atoms with Crippen LogP contribution in [0.1, 0.15) is 70.5 Å². The lowest BCUT2D eigenvalue weighted by Crippen LogP contribution is -2.40. The minimum Gasteiger partial charge on any atom is -0.466 e. The lowest BCUT2D eigenvalue weighted by atomic mass is 9.99. The predicted octanol–water partition coefficient (Wildman–Crippen LogP) is 5.41. The topological polar surface area (TPSA) is 59.5 Å². The molecule has 0 radical (unpaired) electrons. The highest BCUT2D eigenvalue weighted by atomic mass is 32.1. The fourth-order valence-corrected chi connectivity index (χ4v) is 3.66. The van der Waals surface area contributed by atoms with Gasteiger partial charge in [-0.15, -0.1) is 11.3 Å². The molecule has 1 amide bonds. The Balaban J connectivity index is 2.32. The molecule has 0 aliphatic heterocycles. The zero-order valence-electron chi connectivity index (χ0n) is 18.7. The quantitative estimate of drug-likeness (QED) is 0.316. The summed E-state index contributed by atoms with van der Waals surface area (Å²) in [5, 5.41) is 3.19. The molecule has 1 heterocycles. The summed E-state index contributed by atoms with van der Waals surface area (Å²) in [7, 11) is 1.77. The van der Waals surface area contributed by atoms with Crippen molar-refractivity contribution < 1.29 is 14.3 Å². The average molecular weight is 421 g/mol. The number of amides is 1. The van der Waals surface area contributed by atoms with Crippen molar-refractivity contribution in [2.24, 2.45) is 5.92 Å². The summed E-state index contributed by atoms with van der Waals surface area (Å²) in [5.41, 5.74) is 3.78. The molecule has 5 nitrogen and oxygen atoms in total. The summed E-state index contributed by atoms with van der Waals surface area (Å²) in [6.07, 6.45) is 9.40. The number of carbonyl (C=O) groups is 2. The summed E-state index contributed by atoms with van der Waals surface area (Å²) in [4.78, 5) is 28.9. The number of hydrogen-bond donors (Lipinski definition) is 0. The number of aromatic nitrogens is 1. The van der Waals surface area contributed by atoms with E-state index in [0.29, 0.717) is 6.47 Å². The molecule has 2 unspecified atom stereocenters. The van der Waals surface area contributed by atoms with E-state index in [4.69, 9.17) is 4.74 Å². The SMILES string of the molecule is C/C(=C/CC/C(C)=C/c1csc(C)n1)CCCC(C)C(=O)N(C)C(C)COC=O. The van der Waals surface area contributed by atoms with E-state index in [1.54, 1.807) is 23.3 Å². The van der Waals surface area contributed by atoms with E-state index in [0.717, 1.165) is 42.8 Å². The average Bonchev–Trinajstić information content (AvgIpc) is 3.09. The second-order valence-corrected chi connectivity index (χ2v) is 8.95. The molecule has 1 aromatic heterocycles. The van der Waals surface area contributed by atoms with Crippen molar-refractivity contribution in [2.45, 2.75) is 72.8 Å². The molecule has 2 atom stereocenters. The number of carbonyl (C=O) groups excluding carboxylic acids is 2. The monoisotopic (exact) mass is 420 g/mol. The van der Waals surface area contributed by atoms with E-state index in [2.05, 4.69) is 36.4 Å². The molecule has 0 fully saturated rings. The van der Waals surface area contributed by atoms with Crippen LogP contribution < -0.4 is 0 Å². The Hall–Kier alpha value is -1.95. The highest BCUT2D eigenvalue weighted by molar-refractivity contribution is 7.09. The van der Waals surface area contributed by atoms with Crippen LogP contribution in [0.5, 0.6) is 0 Å². The van der Waals surface area contributed by atoms with E-state index in [1.807, 2.05) is 20.8 Å². The van der Waals surface area contributed by atoms with Gasteiger partial charge in [-0.25, -0.2) is 4.98 Å². The van der Waals surface area contributed by atoms with Gasteiger partial charge in [0, 0.05) is 18.3 Å². The van der Waals surface area contributed by atoms with Crippen LogP contribution in [0.4, 0.5) is 0 Å². The highest BCUT2D eigenvalue weighted by Crippen LogP contribution is 2.18. The van der Waals surface area contributed by atoms with Crippen molar-refractivity contribution >= 4 is 29.8 Å². The molecular formula is C23H36N2O3S. The van der Waals surface area contributed by atoms with Crippen molar-refractivity contribution in [3.63, 3.8) is 0 Å². The molecule has 0 saturated carbocycles. The molecule has 0 aliphatic carbocycles. The molecular weight excluding hydrogens is 384 g/mol. The largest absolute Gasteiger partial charge is 0.466 e. The molecule has 1 aromatic rings. The highest BCUT2D eigenvalue weighted by Gasteiger charge is 2.21. The Morgan fingerprint density at radius 1 is 1.28 bits per heavy atom. The van der Waals surface area contributed by atoms with Crippen LogP contribution in [0.15, 0.2) is 22.6 Å². The Morgan fingerprint density at radius 3 is 2.62 bits per heavy atom. The first-order valence-corrected chi connectivity index (χ1v) is 11.2. The zero-order valence-corrected chi connectivity index (χ0v) is 19.6. The maximum Gasteiger partial charge on any atom is 0.293 e. The number of nitrogens with zero attached hydrogens (tertiary/aromatic N) is 2. The predicted molar refractivity (Wildman–Crippen MR) is 121 cm³/mol. The Kier molecular flexibility index (Phi) is 11.5. The molecule has 0 aromatic carbocycles. The fourth-order valence-electron chi connectivity index (χ4n) is 3.09. The van der Waals surface area contributed by atoms with Gasteiger partial charge in [0.15, 0.2) is 0 Å². The first-order chi connectivity index (χ1) is 13.7. The Bertz CT molecular complexity index is 709. The first-order valence-electron chi connectivity index (χ1n) is 10.3. The molecule has 1 rings (SSSR count). The normalized spacial score (nSPS) is 14.4. The minimum absolute atomic E-state index is 0.0294. The van der Waals surface area contributed by atoms with E-state index in [1.165, 1.54) is 11.1 Å². The van der Waals surface area contributed by atoms with Crippen molar-refractivity contribution in [1.82, 2.24) is 9.88 Å². The summed E-state index contributed by atoms with van der Waals surface area (Å²) in [5.74, 6) is 0.0740. The van der Waals surface area contributed by atoms with Crippen LogP contribution in [0.3, 0.4) is 0 Å². The van der Waals surface area contributed by atoms with Gasteiger partial charge in [0.05, 0.1) is 16.7 Å². The van der Waals surface area contributed by atoms with Crippen LogP contribution in [-0.2, 0) is 14.3 Å². The van der Waals surface area contributed by atoms with Gasteiger partial charge < -0.3 is 9.64 Å². The van der Waals surface area contributed by atoms with Gasteiger partial charge in [-0.1, -0.05) is 24.1 Å². The maximum absolute atomic E-state index is 12.5. The molecule has 29 heavy (non-hydrogen) atoms. The van der Waals surface area contributed by atoms with Gasteiger partial charge in [0.25, 0.3) is 6.47 Å². The molecule has 162 valence electrons. The summed E-state index contributed by atoms with van der Waals surface area (Å²) in [6.45, 7) is 10.9. The summed E-state index contributed by atoms with van der Waals surface area (Å²) >= 11 is 1.68. The summed E-state index contributed by atoms with van der Waals surface area (Å²) < 4.78 is 4.76. The molecule has 0 aliphatic rings. The van der Waals surface area contributed by atoms with Gasteiger partial charge in [0.2, 0.25) is 5.91 Å². The van der Waals surface area contributed by atoms with Gasteiger partial charge >= 0.3 is 0 Å². The number of allylic oxidation sites excluding steroid dienone is 3. The summed E-state index contributed by atoms with van der Waals surface area (Å²) in [6, 6.07) is -0.110. The number of ether oxygens (including phenoxy) is 1. The Morgan fingerprint density at radius 2 is 2.00 bits per heavy atom. The van der Waals surface area contributed by atoms with Crippen molar-refractivity contribution in [2.75, 3.05) is 13.7 Å². The second kappa shape index (κ2) is 13.3. The molecule has 0 N–H and O–H groups in total. The third kappa shape index (κ3) is 9.88. The van der Waals surface area contributed by atoms with Crippen LogP contribution in [-0.4, -0.2) is 42.0 Å². The molecule has 6 heteroatoms. The van der Waals surface area contributed by atoms with Crippen LogP contribution >= 0.6 is 11.3 Å². The van der Waals surface area contributed by atoms with Gasteiger partial charge in [0.1, 0.15) is 6.61 Å². The second-order valence-electron chi connectivity index (χ2n) is 7.89. The lowest BCUT2D eigenvalue weighted by Gasteiger charge is -2.27. The van der Waals surface area contributed by atoms with E-state index < -0.39 is 0 Å². The lowest BCUT2D eigenvalue weighted by molar-refractivity contribution is -0.140. The van der Waals surface area contributed by atoms with Gasteiger partial charge in [-0.2, -0.15) is 0 Å². The third-order valence-electron chi connectivity index (χ3n) is 5.11. The number of likely N-dealkylation sites (N-methyl/N-ethyl adjacent to an activating group) is 1. The molecule has 0 spiro atoms. The molecule has 0 saturated heterocycles. The number of hydrogen-bond acceptors (Lipinski definition) is 5. The third-order valence-corrected chi connectivity index (χ3v) is 5.90. The van der Waals surface area contributed by atoms with E-state index >= 15 is 0 Å².